The van der Waals surface area contributed by atoms with Crippen LogP contribution < -0.4 is 29.6 Å². The molecule has 0 aliphatic heterocycles. The average molecular weight is 366 g/mol. The number of fused-ring (bicyclic) bond motifs is 1. The number of alkyl halides is 8. The molecule has 0 amide bonds. The first kappa shape index (κ1) is 21.2. The van der Waals surface area contributed by atoms with E-state index in [9.17, 15) is 35.1 Å². The second-order valence-corrected chi connectivity index (χ2v) is 4.91. The SMILES string of the molecule is FC(F)C(F)C(F)(F)C(F)(F)C(F)c1cccc2ccccc12.[H-].[Na+]. The summed E-state index contributed by atoms with van der Waals surface area (Å²) in [7, 11) is 0. The summed E-state index contributed by atoms with van der Waals surface area (Å²) in [5.41, 5.74) is -0.825. The van der Waals surface area contributed by atoms with Gasteiger partial charge in [-0.1, -0.05) is 42.5 Å². The maximum absolute atomic E-state index is 14.1. The fourth-order valence-corrected chi connectivity index (χ4v) is 2.18. The second-order valence-electron chi connectivity index (χ2n) is 4.91. The van der Waals surface area contributed by atoms with Crippen LogP contribution in [-0.4, -0.2) is 24.4 Å². The van der Waals surface area contributed by atoms with Gasteiger partial charge in [0.05, 0.1) is 0 Å². The molecule has 2 atom stereocenters. The fraction of sp³-hybridized carbons (Fsp3) is 0.333. The molecule has 0 fully saturated rings. The number of benzene rings is 2. The Morgan fingerprint density at radius 3 is 1.88 bits per heavy atom. The van der Waals surface area contributed by atoms with Gasteiger partial charge in [0, 0.05) is 5.56 Å². The van der Waals surface area contributed by atoms with E-state index < -0.39 is 36.2 Å². The van der Waals surface area contributed by atoms with Crippen LogP contribution in [0.15, 0.2) is 42.5 Å². The summed E-state index contributed by atoms with van der Waals surface area (Å²) < 4.78 is 105. The van der Waals surface area contributed by atoms with Crippen molar-refractivity contribution in [1.82, 2.24) is 0 Å². The van der Waals surface area contributed by atoms with Gasteiger partial charge in [-0.05, 0) is 10.8 Å². The Bertz CT molecular complexity index is 689. The molecular formula is C15H11F8Na. The Labute approximate surface area is 155 Å². The van der Waals surface area contributed by atoms with Gasteiger partial charge in [0.25, 0.3) is 6.43 Å². The van der Waals surface area contributed by atoms with E-state index >= 15 is 0 Å². The van der Waals surface area contributed by atoms with Crippen molar-refractivity contribution >= 4 is 10.8 Å². The zero-order chi connectivity index (χ0) is 17.4. The molecule has 0 saturated carbocycles. The van der Waals surface area contributed by atoms with Crippen molar-refractivity contribution in [2.45, 2.75) is 30.6 Å². The van der Waals surface area contributed by atoms with Crippen LogP contribution in [0.4, 0.5) is 35.1 Å². The Morgan fingerprint density at radius 1 is 0.750 bits per heavy atom. The largest absolute Gasteiger partial charge is 1.00 e. The molecule has 9 heteroatoms. The molecule has 0 heterocycles. The van der Waals surface area contributed by atoms with Gasteiger partial charge >= 0.3 is 41.4 Å². The molecule has 2 unspecified atom stereocenters. The molecule has 2 aromatic carbocycles. The molecule has 0 N–H and O–H groups in total. The zero-order valence-corrected chi connectivity index (χ0v) is 14.3. The van der Waals surface area contributed by atoms with Gasteiger partial charge in [-0.25, -0.2) is 17.6 Å². The molecular weight excluding hydrogens is 355 g/mol. The average Bonchev–Trinajstić information content (AvgIpc) is 2.52. The smallest absolute Gasteiger partial charge is 1.00 e. The molecule has 0 aliphatic rings. The first-order valence-electron chi connectivity index (χ1n) is 6.40. The normalized spacial score (nSPS) is 15.2. The molecule has 2 rings (SSSR count). The summed E-state index contributed by atoms with van der Waals surface area (Å²) in [5.74, 6) is -11.5. The third kappa shape index (κ3) is 3.55. The summed E-state index contributed by atoms with van der Waals surface area (Å²) in [4.78, 5) is 0. The Morgan fingerprint density at radius 2 is 1.29 bits per heavy atom. The van der Waals surface area contributed by atoms with Gasteiger partial charge in [-0.2, -0.15) is 17.6 Å². The third-order valence-corrected chi connectivity index (χ3v) is 3.43. The summed E-state index contributed by atoms with van der Waals surface area (Å²) >= 11 is 0. The van der Waals surface area contributed by atoms with E-state index in [1.54, 1.807) is 0 Å². The van der Waals surface area contributed by atoms with Crippen molar-refractivity contribution < 1.29 is 66.1 Å². The zero-order valence-electron chi connectivity index (χ0n) is 13.3. The minimum absolute atomic E-state index is 0. The predicted molar refractivity (Wildman–Crippen MR) is 69.7 cm³/mol. The Kier molecular flexibility index (Phi) is 6.69. The first-order chi connectivity index (χ1) is 10.6. The van der Waals surface area contributed by atoms with Crippen LogP contribution in [-0.2, 0) is 0 Å². The van der Waals surface area contributed by atoms with Crippen molar-refractivity contribution in [1.29, 1.82) is 0 Å². The van der Waals surface area contributed by atoms with Crippen molar-refractivity contribution in [3.63, 3.8) is 0 Å². The third-order valence-electron chi connectivity index (χ3n) is 3.43. The molecule has 24 heavy (non-hydrogen) atoms. The molecule has 128 valence electrons. The van der Waals surface area contributed by atoms with Gasteiger partial charge < -0.3 is 1.43 Å². The van der Waals surface area contributed by atoms with Gasteiger partial charge in [0.2, 0.25) is 6.17 Å². The quantitative estimate of drug-likeness (QED) is 0.564. The molecule has 0 saturated heterocycles. The summed E-state index contributed by atoms with van der Waals surface area (Å²) in [6.07, 6.45) is -12.5. The van der Waals surface area contributed by atoms with Crippen molar-refractivity contribution in [3.05, 3.63) is 48.0 Å². The second kappa shape index (κ2) is 7.58. The number of halogens is 8. The van der Waals surface area contributed by atoms with Crippen molar-refractivity contribution in [2.75, 3.05) is 0 Å². The standard InChI is InChI=1S/C15H10F8.Na.H/c16-11(14(20,21)15(22,23)12(17)13(18)19)10-7-3-5-8-4-1-2-6-9(8)10;;/h1-7,11-13H;;/q;+1;-1. The van der Waals surface area contributed by atoms with E-state index in [-0.39, 0.29) is 41.8 Å². The van der Waals surface area contributed by atoms with Crippen molar-refractivity contribution in [3.8, 4) is 0 Å². The van der Waals surface area contributed by atoms with E-state index in [2.05, 4.69) is 0 Å². The van der Waals surface area contributed by atoms with Gasteiger partial charge in [0.1, 0.15) is 0 Å². The Hall–Kier alpha value is -0.860. The molecule has 0 bridgehead atoms. The van der Waals surface area contributed by atoms with E-state index in [1.807, 2.05) is 0 Å². The molecule has 0 radical (unpaired) electrons. The van der Waals surface area contributed by atoms with Gasteiger partial charge in [0.15, 0.2) is 6.17 Å². The minimum atomic E-state index is -5.86. The van der Waals surface area contributed by atoms with Crippen LogP contribution in [0.5, 0.6) is 0 Å². The summed E-state index contributed by atoms with van der Waals surface area (Å²) in [5, 5.41) is 0.197. The minimum Gasteiger partial charge on any atom is -1.00 e. The van der Waals surface area contributed by atoms with Crippen molar-refractivity contribution in [2.24, 2.45) is 0 Å². The van der Waals surface area contributed by atoms with Gasteiger partial charge in [-0.3, -0.25) is 0 Å². The van der Waals surface area contributed by atoms with E-state index in [4.69, 9.17) is 0 Å². The van der Waals surface area contributed by atoms with Crippen LogP contribution in [0.1, 0.15) is 13.2 Å². The number of rotatable bonds is 5. The Balaban J connectivity index is 0.00000288. The predicted octanol–water partition coefficient (Wildman–Crippen LogP) is 2.84. The fourth-order valence-electron chi connectivity index (χ4n) is 2.18. The van der Waals surface area contributed by atoms with E-state index in [1.165, 1.54) is 30.3 Å². The summed E-state index contributed by atoms with van der Waals surface area (Å²) in [6, 6.07) is 8.93. The molecule has 0 nitrogen and oxygen atoms in total. The maximum Gasteiger partial charge on any atom is 1.00 e. The molecule has 2 aromatic rings. The van der Waals surface area contributed by atoms with Crippen LogP contribution >= 0.6 is 0 Å². The van der Waals surface area contributed by atoms with Crippen LogP contribution in [0.3, 0.4) is 0 Å². The van der Waals surface area contributed by atoms with Crippen LogP contribution in [0.25, 0.3) is 10.8 Å². The van der Waals surface area contributed by atoms with E-state index in [0.29, 0.717) is 0 Å². The van der Waals surface area contributed by atoms with Crippen LogP contribution in [0.2, 0.25) is 0 Å². The maximum atomic E-state index is 14.1. The molecule has 0 aliphatic carbocycles. The number of hydrogen-bond acceptors (Lipinski definition) is 0. The topological polar surface area (TPSA) is 0 Å². The molecule has 0 spiro atoms. The monoisotopic (exact) mass is 366 g/mol. The number of hydrogen-bond donors (Lipinski definition) is 0. The van der Waals surface area contributed by atoms with E-state index in [0.717, 1.165) is 12.1 Å². The van der Waals surface area contributed by atoms with Gasteiger partial charge in [-0.15, -0.1) is 0 Å². The van der Waals surface area contributed by atoms with Crippen LogP contribution in [0, 0.1) is 0 Å². The molecule has 0 aromatic heterocycles. The first-order valence-corrected chi connectivity index (χ1v) is 6.40. The summed E-state index contributed by atoms with van der Waals surface area (Å²) in [6.45, 7) is 0.